The maximum atomic E-state index is 13.4. The second-order valence-corrected chi connectivity index (χ2v) is 8.71. The average molecular weight is 526 g/mol. The molecule has 0 saturated carbocycles. The van der Waals surface area contributed by atoms with Crippen molar-refractivity contribution in [2.24, 2.45) is 10.9 Å². The molecule has 0 aliphatic carbocycles. The van der Waals surface area contributed by atoms with Crippen molar-refractivity contribution in [2.75, 3.05) is 5.32 Å². The maximum Gasteiger partial charge on any atom is 0.354 e. The smallest absolute Gasteiger partial charge is 0.354 e. The van der Waals surface area contributed by atoms with Crippen molar-refractivity contribution in [3.8, 4) is 5.75 Å². The Labute approximate surface area is 215 Å². The molecule has 12 heteroatoms. The van der Waals surface area contributed by atoms with Crippen molar-refractivity contribution in [3.63, 3.8) is 0 Å². The van der Waals surface area contributed by atoms with Crippen LogP contribution in [0.25, 0.3) is 0 Å². The molecule has 4 rings (SSSR count). The molecular formula is C26H25F2N5O5. The number of hydrogen-bond acceptors (Lipinski definition) is 7. The summed E-state index contributed by atoms with van der Waals surface area (Å²) in [6, 6.07) is 12.9. The van der Waals surface area contributed by atoms with Crippen molar-refractivity contribution >= 4 is 23.5 Å². The van der Waals surface area contributed by atoms with Crippen LogP contribution in [0.5, 0.6) is 5.75 Å². The Hall–Kier alpha value is -4.61. The third-order valence-electron chi connectivity index (χ3n) is 5.79. The molecule has 0 unspecified atom stereocenters. The highest BCUT2D eigenvalue weighted by molar-refractivity contribution is 5.80. The number of carboxylic acid groups (broad SMARTS) is 1. The normalized spacial score (nSPS) is 13.9. The van der Waals surface area contributed by atoms with E-state index in [1.165, 1.54) is 17.6 Å². The lowest BCUT2D eigenvalue weighted by atomic mass is 10.1. The molecule has 2 N–H and O–H groups in total. The minimum absolute atomic E-state index is 0.0113. The van der Waals surface area contributed by atoms with Gasteiger partial charge in [-0.1, -0.05) is 31.2 Å². The molecule has 0 spiro atoms. The molecule has 2 aromatic carbocycles. The number of nitrogens with one attached hydrogen (secondary N) is 1. The molecule has 3 aromatic rings. The van der Waals surface area contributed by atoms with Crippen LogP contribution in [-0.2, 0) is 24.6 Å². The van der Waals surface area contributed by atoms with Crippen LogP contribution < -0.4 is 21.4 Å². The van der Waals surface area contributed by atoms with Crippen molar-refractivity contribution in [2.45, 2.75) is 39.5 Å². The number of carboxylic acids is 1. The molecule has 0 radical (unpaired) electrons. The number of benzene rings is 2. The summed E-state index contributed by atoms with van der Waals surface area (Å²) in [6.07, 6.45) is 2.32. The zero-order chi connectivity index (χ0) is 27.2. The van der Waals surface area contributed by atoms with Crippen LogP contribution in [0.15, 0.2) is 75.1 Å². The molecule has 1 aromatic heterocycles. The van der Waals surface area contributed by atoms with Crippen LogP contribution in [0.1, 0.15) is 30.9 Å². The van der Waals surface area contributed by atoms with Crippen LogP contribution in [-0.4, -0.2) is 31.1 Å². The monoisotopic (exact) mass is 525 g/mol. The quantitative estimate of drug-likeness (QED) is 0.407. The third kappa shape index (κ3) is 6.38. The molecule has 198 valence electrons. The van der Waals surface area contributed by atoms with Gasteiger partial charge in [0.15, 0.2) is 5.90 Å². The SMILES string of the molecule is C[C@@H](Cn1c(=O)nc(Nc2ccc(OC3=NC(F)=CCC3)cc2)n(Cc2ccc(CF)cc2)c1=O)C(=O)O. The minimum Gasteiger partial charge on any atom is -0.481 e. The van der Waals surface area contributed by atoms with Crippen LogP contribution in [0, 0.1) is 5.92 Å². The Morgan fingerprint density at radius 3 is 2.42 bits per heavy atom. The van der Waals surface area contributed by atoms with Gasteiger partial charge in [-0.2, -0.15) is 14.4 Å². The predicted octanol–water partition coefficient (Wildman–Crippen LogP) is 3.77. The van der Waals surface area contributed by atoms with Gasteiger partial charge in [-0.3, -0.25) is 9.36 Å². The molecule has 38 heavy (non-hydrogen) atoms. The summed E-state index contributed by atoms with van der Waals surface area (Å²) in [5, 5.41) is 12.2. The number of aromatic nitrogens is 3. The van der Waals surface area contributed by atoms with Crippen LogP contribution in [0.4, 0.5) is 20.4 Å². The molecule has 1 aliphatic heterocycles. The number of nitrogens with zero attached hydrogens (tertiary/aromatic N) is 4. The second-order valence-electron chi connectivity index (χ2n) is 8.71. The highest BCUT2D eigenvalue weighted by Gasteiger charge is 2.19. The number of halogens is 2. The van der Waals surface area contributed by atoms with Gasteiger partial charge in [0, 0.05) is 18.7 Å². The highest BCUT2D eigenvalue weighted by Crippen LogP contribution is 2.21. The fourth-order valence-corrected chi connectivity index (χ4v) is 3.67. The van der Waals surface area contributed by atoms with E-state index in [2.05, 4.69) is 15.3 Å². The van der Waals surface area contributed by atoms with Crippen molar-refractivity contribution in [1.29, 1.82) is 0 Å². The number of alkyl halides is 1. The first kappa shape index (κ1) is 26.5. The lowest BCUT2D eigenvalue weighted by Crippen LogP contribution is -2.44. The summed E-state index contributed by atoms with van der Waals surface area (Å²) in [6.45, 7) is 0.383. The highest BCUT2D eigenvalue weighted by atomic mass is 19.1. The summed E-state index contributed by atoms with van der Waals surface area (Å²) in [5.74, 6) is -2.15. The zero-order valence-electron chi connectivity index (χ0n) is 20.4. The standard InChI is InChI=1S/C26H25F2N5O5/c1-16(23(34)35)14-33-25(36)31-24(32(26(33)37)15-18-7-5-17(13-27)6-8-18)29-19-9-11-20(12-10-19)38-22-4-2-3-21(28)30-22/h3,5-12,16H,2,4,13-15H2,1H3,(H,34,35)(H,29,31,36)/t16-/m0/s1. The Balaban J connectivity index is 1.64. The average Bonchev–Trinajstić information content (AvgIpc) is 2.90. The summed E-state index contributed by atoms with van der Waals surface area (Å²) in [7, 11) is 0. The zero-order valence-corrected chi connectivity index (χ0v) is 20.4. The number of carbonyl (C=O) groups is 1. The molecule has 1 aliphatic rings. The van der Waals surface area contributed by atoms with Crippen LogP contribution in [0.3, 0.4) is 0 Å². The van der Waals surface area contributed by atoms with E-state index in [1.807, 2.05) is 0 Å². The number of rotatable bonds is 9. The van der Waals surface area contributed by atoms with E-state index < -0.39 is 35.9 Å². The Bertz CT molecular complexity index is 1490. The number of allylic oxidation sites excluding steroid dienone is 1. The van der Waals surface area contributed by atoms with Gasteiger partial charge in [-0.25, -0.2) is 18.5 Å². The van der Waals surface area contributed by atoms with E-state index >= 15 is 0 Å². The van der Waals surface area contributed by atoms with Crippen molar-refractivity contribution in [1.82, 2.24) is 14.1 Å². The largest absolute Gasteiger partial charge is 0.481 e. The van der Waals surface area contributed by atoms with E-state index in [0.29, 0.717) is 35.4 Å². The molecule has 0 amide bonds. The molecule has 0 saturated heterocycles. The Morgan fingerprint density at radius 2 is 1.79 bits per heavy atom. The van der Waals surface area contributed by atoms with Crippen LogP contribution >= 0.6 is 0 Å². The molecule has 2 heterocycles. The van der Waals surface area contributed by atoms with Gasteiger partial charge < -0.3 is 15.2 Å². The van der Waals surface area contributed by atoms with E-state index in [1.54, 1.807) is 48.5 Å². The van der Waals surface area contributed by atoms with Gasteiger partial charge in [0.05, 0.1) is 12.5 Å². The van der Waals surface area contributed by atoms with Gasteiger partial charge in [0.2, 0.25) is 11.9 Å². The van der Waals surface area contributed by atoms with Gasteiger partial charge in [0.1, 0.15) is 12.4 Å². The lowest BCUT2D eigenvalue weighted by Gasteiger charge is -2.17. The fourth-order valence-electron chi connectivity index (χ4n) is 3.67. The molecular weight excluding hydrogens is 500 g/mol. The number of hydrogen-bond donors (Lipinski definition) is 2. The summed E-state index contributed by atoms with van der Waals surface area (Å²) in [5.41, 5.74) is -0.0685. The minimum atomic E-state index is -1.16. The lowest BCUT2D eigenvalue weighted by molar-refractivity contribution is -0.141. The molecule has 0 fully saturated rings. The van der Waals surface area contributed by atoms with E-state index in [-0.39, 0.29) is 24.9 Å². The predicted molar refractivity (Wildman–Crippen MR) is 136 cm³/mol. The van der Waals surface area contributed by atoms with Crippen molar-refractivity contribution in [3.05, 3.63) is 92.7 Å². The number of anilines is 2. The fraction of sp³-hybridized carbons (Fsp3) is 0.269. The number of aliphatic carboxylic acids is 1. The van der Waals surface area contributed by atoms with Gasteiger partial charge in [0.25, 0.3) is 0 Å². The van der Waals surface area contributed by atoms with E-state index in [0.717, 1.165) is 4.57 Å². The topological polar surface area (TPSA) is 128 Å². The number of ether oxygens (including phenoxy) is 1. The summed E-state index contributed by atoms with van der Waals surface area (Å²) >= 11 is 0. The second kappa shape index (κ2) is 11.6. The first-order valence-corrected chi connectivity index (χ1v) is 11.8. The van der Waals surface area contributed by atoms with Crippen molar-refractivity contribution < 1.29 is 23.4 Å². The van der Waals surface area contributed by atoms with Gasteiger partial charge in [-0.05, 0) is 47.9 Å². The Kier molecular flexibility index (Phi) is 8.09. The molecule has 10 nitrogen and oxygen atoms in total. The third-order valence-corrected chi connectivity index (χ3v) is 5.79. The molecule has 1 atom stereocenters. The summed E-state index contributed by atoms with van der Waals surface area (Å²) in [4.78, 5) is 45.0. The van der Waals surface area contributed by atoms with E-state index in [4.69, 9.17) is 4.74 Å². The van der Waals surface area contributed by atoms with E-state index in [9.17, 15) is 28.3 Å². The summed E-state index contributed by atoms with van der Waals surface area (Å²) < 4.78 is 33.9. The Morgan fingerprint density at radius 1 is 1.11 bits per heavy atom. The van der Waals surface area contributed by atoms with Gasteiger partial charge in [-0.15, -0.1) is 0 Å². The number of aliphatic imine (C=N–C) groups is 1. The molecule has 0 bridgehead atoms. The van der Waals surface area contributed by atoms with Crippen LogP contribution in [0.2, 0.25) is 0 Å². The first-order valence-electron chi connectivity index (χ1n) is 11.8. The van der Waals surface area contributed by atoms with Gasteiger partial charge >= 0.3 is 17.3 Å². The first-order chi connectivity index (χ1) is 18.2. The maximum absolute atomic E-state index is 13.4.